The summed E-state index contributed by atoms with van der Waals surface area (Å²) >= 11 is 0. The molecule has 4 heteroatoms. The van der Waals surface area contributed by atoms with E-state index < -0.39 is 11.5 Å². The van der Waals surface area contributed by atoms with Crippen LogP contribution in [0.3, 0.4) is 0 Å². The van der Waals surface area contributed by atoms with E-state index in [1.165, 1.54) is 0 Å². The van der Waals surface area contributed by atoms with Gasteiger partial charge in [-0.25, -0.2) is 0 Å². The SMILES string of the molecule is CC(C)CC1(C(=O)NC(C)(C)CCC(=O)O)CCCC1. The van der Waals surface area contributed by atoms with E-state index >= 15 is 0 Å². The average molecular weight is 283 g/mol. The Morgan fingerprint density at radius 1 is 1.25 bits per heavy atom. The highest BCUT2D eigenvalue weighted by molar-refractivity contribution is 5.83. The van der Waals surface area contributed by atoms with Crippen LogP contribution in [-0.4, -0.2) is 22.5 Å². The predicted octanol–water partition coefficient (Wildman–Crippen LogP) is 3.35. The van der Waals surface area contributed by atoms with Crippen LogP contribution in [-0.2, 0) is 9.59 Å². The Morgan fingerprint density at radius 3 is 2.25 bits per heavy atom. The summed E-state index contributed by atoms with van der Waals surface area (Å²) in [7, 11) is 0. The number of carbonyl (C=O) groups excluding carboxylic acids is 1. The number of hydrogen-bond donors (Lipinski definition) is 2. The molecule has 1 amide bonds. The molecule has 0 spiro atoms. The minimum Gasteiger partial charge on any atom is -0.481 e. The lowest BCUT2D eigenvalue weighted by Gasteiger charge is -2.35. The largest absolute Gasteiger partial charge is 0.481 e. The van der Waals surface area contributed by atoms with Crippen molar-refractivity contribution in [3.05, 3.63) is 0 Å². The zero-order chi connectivity index (χ0) is 15.4. The molecule has 0 aliphatic heterocycles. The maximum atomic E-state index is 12.7. The van der Waals surface area contributed by atoms with Gasteiger partial charge in [-0.3, -0.25) is 9.59 Å². The van der Waals surface area contributed by atoms with Crippen LogP contribution in [0, 0.1) is 11.3 Å². The molecule has 1 saturated carbocycles. The molecule has 0 unspecified atom stereocenters. The second-order valence-corrected chi connectivity index (χ2v) is 7.32. The summed E-state index contributed by atoms with van der Waals surface area (Å²) in [4.78, 5) is 23.4. The topological polar surface area (TPSA) is 66.4 Å². The van der Waals surface area contributed by atoms with E-state index in [2.05, 4.69) is 19.2 Å². The number of rotatable bonds is 7. The second kappa shape index (κ2) is 6.59. The monoisotopic (exact) mass is 283 g/mol. The molecule has 1 rings (SSSR count). The van der Waals surface area contributed by atoms with E-state index in [-0.39, 0.29) is 17.7 Å². The van der Waals surface area contributed by atoms with Crippen molar-refractivity contribution >= 4 is 11.9 Å². The number of carboxylic acids is 1. The van der Waals surface area contributed by atoms with E-state index in [1.54, 1.807) is 0 Å². The van der Waals surface area contributed by atoms with Crippen molar-refractivity contribution in [2.45, 2.75) is 78.2 Å². The van der Waals surface area contributed by atoms with E-state index in [9.17, 15) is 9.59 Å². The molecule has 2 N–H and O–H groups in total. The number of nitrogens with one attached hydrogen (secondary N) is 1. The van der Waals surface area contributed by atoms with Crippen molar-refractivity contribution in [1.82, 2.24) is 5.32 Å². The van der Waals surface area contributed by atoms with Crippen LogP contribution in [0.2, 0.25) is 0 Å². The van der Waals surface area contributed by atoms with Gasteiger partial charge in [0.2, 0.25) is 5.91 Å². The third kappa shape index (κ3) is 4.80. The van der Waals surface area contributed by atoms with Gasteiger partial charge in [-0.2, -0.15) is 0 Å². The molecule has 0 aromatic heterocycles. The van der Waals surface area contributed by atoms with Crippen LogP contribution in [0.15, 0.2) is 0 Å². The fourth-order valence-electron chi connectivity index (χ4n) is 3.28. The van der Waals surface area contributed by atoms with Crippen LogP contribution < -0.4 is 5.32 Å². The molecular weight excluding hydrogens is 254 g/mol. The van der Waals surface area contributed by atoms with Crippen molar-refractivity contribution in [2.24, 2.45) is 11.3 Å². The summed E-state index contributed by atoms with van der Waals surface area (Å²) < 4.78 is 0. The highest BCUT2D eigenvalue weighted by Crippen LogP contribution is 2.43. The molecule has 0 aromatic carbocycles. The Labute approximate surface area is 122 Å². The fourth-order valence-corrected chi connectivity index (χ4v) is 3.28. The number of aliphatic carboxylic acids is 1. The fraction of sp³-hybridized carbons (Fsp3) is 0.875. The lowest BCUT2D eigenvalue weighted by atomic mass is 9.77. The predicted molar refractivity (Wildman–Crippen MR) is 79.4 cm³/mol. The third-order valence-electron chi connectivity index (χ3n) is 4.26. The molecule has 4 nitrogen and oxygen atoms in total. The van der Waals surface area contributed by atoms with Crippen LogP contribution >= 0.6 is 0 Å². The van der Waals surface area contributed by atoms with Crippen molar-refractivity contribution in [1.29, 1.82) is 0 Å². The zero-order valence-corrected chi connectivity index (χ0v) is 13.3. The van der Waals surface area contributed by atoms with Crippen LogP contribution in [0.5, 0.6) is 0 Å². The van der Waals surface area contributed by atoms with E-state index in [0.717, 1.165) is 32.1 Å². The molecule has 1 aliphatic carbocycles. The number of hydrogen-bond acceptors (Lipinski definition) is 2. The molecule has 20 heavy (non-hydrogen) atoms. The van der Waals surface area contributed by atoms with Gasteiger partial charge in [-0.15, -0.1) is 0 Å². The second-order valence-electron chi connectivity index (χ2n) is 7.32. The van der Waals surface area contributed by atoms with Gasteiger partial charge in [0.05, 0.1) is 0 Å². The van der Waals surface area contributed by atoms with Crippen LogP contribution in [0.4, 0.5) is 0 Å². The third-order valence-corrected chi connectivity index (χ3v) is 4.26. The van der Waals surface area contributed by atoms with Gasteiger partial charge < -0.3 is 10.4 Å². The van der Waals surface area contributed by atoms with Crippen molar-refractivity contribution in [3.8, 4) is 0 Å². The summed E-state index contributed by atoms with van der Waals surface area (Å²) in [5.41, 5.74) is -0.684. The molecule has 0 aromatic rings. The summed E-state index contributed by atoms with van der Waals surface area (Å²) in [5.74, 6) is -0.190. The average Bonchev–Trinajstić information content (AvgIpc) is 2.75. The normalized spacial score (nSPS) is 18.2. The van der Waals surface area contributed by atoms with Gasteiger partial charge in [0.15, 0.2) is 0 Å². The molecular formula is C16H29NO3. The zero-order valence-electron chi connectivity index (χ0n) is 13.3. The molecule has 0 saturated heterocycles. The van der Waals surface area contributed by atoms with E-state index in [1.807, 2.05) is 13.8 Å². The first-order valence-corrected chi connectivity index (χ1v) is 7.71. The molecule has 1 fully saturated rings. The van der Waals surface area contributed by atoms with Crippen LogP contribution in [0.1, 0.15) is 72.6 Å². The van der Waals surface area contributed by atoms with Gasteiger partial charge in [-0.05, 0) is 45.4 Å². The first kappa shape index (κ1) is 17.0. The quantitative estimate of drug-likeness (QED) is 0.753. The van der Waals surface area contributed by atoms with Crippen molar-refractivity contribution < 1.29 is 14.7 Å². The Bertz CT molecular complexity index is 355. The summed E-state index contributed by atoms with van der Waals surface area (Å²) in [6, 6.07) is 0. The van der Waals surface area contributed by atoms with Crippen molar-refractivity contribution in [2.75, 3.05) is 0 Å². The van der Waals surface area contributed by atoms with Crippen LogP contribution in [0.25, 0.3) is 0 Å². The Morgan fingerprint density at radius 2 is 1.80 bits per heavy atom. The molecule has 0 bridgehead atoms. The van der Waals surface area contributed by atoms with E-state index in [0.29, 0.717) is 12.3 Å². The smallest absolute Gasteiger partial charge is 0.303 e. The number of carboxylic acid groups (broad SMARTS) is 1. The summed E-state index contributed by atoms with van der Waals surface area (Å²) in [6.07, 6.45) is 5.65. The van der Waals surface area contributed by atoms with Gasteiger partial charge in [-0.1, -0.05) is 26.7 Å². The lowest BCUT2D eigenvalue weighted by Crippen LogP contribution is -2.50. The van der Waals surface area contributed by atoms with Crippen molar-refractivity contribution in [3.63, 3.8) is 0 Å². The van der Waals surface area contributed by atoms with Gasteiger partial charge in [0, 0.05) is 17.4 Å². The van der Waals surface area contributed by atoms with E-state index in [4.69, 9.17) is 5.11 Å². The minimum atomic E-state index is -0.815. The lowest BCUT2D eigenvalue weighted by molar-refractivity contribution is -0.138. The summed E-state index contributed by atoms with van der Waals surface area (Å²) in [5, 5.41) is 11.9. The highest BCUT2D eigenvalue weighted by atomic mass is 16.4. The Balaban J connectivity index is 2.68. The highest BCUT2D eigenvalue weighted by Gasteiger charge is 2.42. The molecule has 0 atom stereocenters. The molecule has 0 heterocycles. The van der Waals surface area contributed by atoms with Gasteiger partial charge in [0.25, 0.3) is 0 Å². The maximum Gasteiger partial charge on any atom is 0.303 e. The van der Waals surface area contributed by atoms with Gasteiger partial charge >= 0.3 is 5.97 Å². The molecule has 1 aliphatic rings. The summed E-state index contributed by atoms with van der Waals surface area (Å²) in [6.45, 7) is 8.13. The Kier molecular flexibility index (Phi) is 5.60. The number of amides is 1. The minimum absolute atomic E-state index is 0.0878. The maximum absolute atomic E-state index is 12.7. The molecule has 116 valence electrons. The van der Waals surface area contributed by atoms with Gasteiger partial charge in [0.1, 0.15) is 0 Å². The standard InChI is InChI=1S/C16H29NO3/c1-12(2)11-16(8-5-6-9-16)14(20)17-15(3,4)10-7-13(18)19/h12H,5-11H2,1-4H3,(H,17,20)(H,18,19). The first-order chi connectivity index (χ1) is 9.17. The number of carbonyl (C=O) groups is 2. The molecule has 0 radical (unpaired) electrons. The Hall–Kier alpha value is -1.06. The first-order valence-electron chi connectivity index (χ1n) is 7.71.